The lowest BCUT2D eigenvalue weighted by molar-refractivity contribution is -0.134. The van der Waals surface area contributed by atoms with Gasteiger partial charge < -0.3 is 14.2 Å². The molecule has 0 aromatic heterocycles. The van der Waals surface area contributed by atoms with E-state index in [0.29, 0.717) is 24.5 Å². The van der Waals surface area contributed by atoms with E-state index in [9.17, 15) is 4.79 Å². The summed E-state index contributed by atoms with van der Waals surface area (Å²) in [5, 5.41) is 6.37. The molecule has 0 radical (unpaired) electrons. The van der Waals surface area contributed by atoms with Gasteiger partial charge in [-0.2, -0.15) is 5.10 Å². The van der Waals surface area contributed by atoms with Gasteiger partial charge in [0.2, 0.25) is 0 Å². The van der Waals surface area contributed by atoms with Gasteiger partial charge >= 0.3 is 0 Å². The second-order valence-corrected chi connectivity index (χ2v) is 7.27. The van der Waals surface area contributed by atoms with Gasteiger partial charge in [0.15, 0.2) is 0 Å². The number of ether oxygens (including phenoxy) is 3. The molecule has 1 aliphatic heterocycles. The van der Waals surface area contributed by atoms with Gasteiger partial charge in [-0.25, -0.2) is 5.01 Å². The first-order valence-electron chi connectivity index (χ1n) is 10.5. The maximum absolute atomic E-state index is 13.3. The van der Waals surface area contributed by atoms with Crippen molar-refractivity contribution in [2.45, 2.75) is 26.3 Å². The van der Waals surface area contributed by atoms with Crippen LogP contribution in [0.5, 0.6) is 17.2 Å². The molecule has 1 unspecified atom stereocenters. The van der Waals surface area contributed by atoms with E-state index in [0.717, 1.165) is 35.7 Å². The van der Waals surface area contributed by atoms with Gasteiger partial charge in [-0.1, -0.05) is 26.0 Å². The fraction of sp³-hybridized carbons (Fsp3) is 0.417. The largest absolute Gasteiger partial charge is 0.497 e. The van der Waals surface area contributed by atoms with Crippen LogP contribution in [0.25, 0.3) is 0 Å². The Morgan fingerprint density at radius 3 is 2.39 bits per heavy atom. The smallest absolute Gasteiger partial charge is 0.257 e. The molecule has 0 bridgehead atoms. The highest BCUT2D eigenvalue weighted by Crippen LogP contribution is 2.40. The topological polar surface area (TPSA) is 63.6 Å². The first-order chi connectivity index (χ1) is 15.1. The van der Waals surface area contributed by atoms with E-state index < -0.39 is 0 Å². The zero-order valence-corrected chi connectivity index (χ0v) is 18.9. The predicted molar refractivity (Wildman–Crippen MR) is 121 cm³/mol. The van der Waals surface area contributed by atoms with Crippen LogP contribution in [0.3, 0.4) is 0 Å². The Morgan fingerprint density at radius 1 is 1.03 bits per heavy atom. The number of amides is 1. The molecule has 1 heterocycles. The van der Waals surface area contributed by atoms with E-state index in [2.05, 4.69) is 4.90 Å². The third-order valence-electron chi connectivity index (χ3n) is 5.63. The van der Waals surface area contributed by atoms with Gasteiger partial charge in [0.05, 0.1) is 39.6 Å². The van der Waals surface area contributed by atoms with Crippen LogP contribution in [0.1, 0.15) is 37.4 Å². The summed E-state index contributed by atoms with van der Waals surface area (Å²) in [4.78, 5) is 15.4. The molecule has 0 saturated carbocycles. The lowest BCUT2D eigenvalue weighted by atomic mass is 9.97. The average Bonchev–Trinajstić information content (AvgIpc) is 3.27. The second kappa shape index (κ2) is 10.3. The maximum atomic E-state index is 13.3. The number of carbonyl (C=O) groups is 1. The Labute approximate surface area is 184 Å². The zero-order chi connectivity index (χ0) is 22.4. The fourth-order valence-electron chi connectivity index (χ4n) is 3.84. The highest BCUT2D eigenvalue weighted by molar-refractivity contribution is 6.05. The molecule has 0 aliphatic carbocycles. The molecule has 1 amide bonds. The third-order valence-corrected chi connectivity index (χ3v) is 5.63. The number of hydrogen-bond donors (Lipinski definition) is 0. The summed E-state index contributed by atoms with van der Waals surface area (Å²) in [6, 6.07) is 13.1. The number of hydrogen-bond acceptors (Lipinski definition) is 6. The summed E-state index contributed by atoms with van der Waals surface area (Å²) < 4.78 is 16.6. The van der Waals surface area contributed by atoms with Crippen molar-refractivity contribution < 1.29 is 19.0 Å². The van der Waals surface area contributed by atoms with E-state index in [4.69, 9.17) is 19.3 Å². The molecular formula is C24H31N3O4. The van der Waals surface area contributed by atoms with Crippen LogP contribution in [0, 0.1) is 0 Å². The molecule has 2 aromatic carbocycles. The Morgan fingerprint density at radius 2 is 1.74 bits per heavy atom. The number of methoxy groups -OCH3 is 3. The highest BCUT2D eigenvalue weighted by Gasteiger charge is 2.36. The van der Waals surface area contributed by atoms with Crippen LogP contribution in [0.2, 0.25) is 0 Å². The van der Waals surface area contributed by atoms with Crippen molar-refractivity contribution in [3.63, 3.8) is 0 Å². The Balaban J connectivity index is 2.04. The van der Waals surface area contributed by atoms with Crippen molar-refractivity contribution in [3.05, 3.63) is 53.6 Å². The van der Waals surface area contributed by atoms with Crippen molar-refractivity contribution in [2.75, 3.05) is 41.0 Å². The zero-order valence-electron chi connectivity index (χ0n) is 18.9. The lowest BCUT2D eigenvalue weighted by Crippen LogP contribution is -2.38. The van der Waals surface area contributed by atoms with Gasteiger partial charge in [-0.15, -0.1) is 0 Å². The quantitative estimate of drug-likeness (QED) is 0.613. The minimum Gasteiger partial charge on any atom is -0.497 e. The molecule has 7 nitrogen and oxygen atoms in total. The maximum Gasteiger partial charge on any atom is 0.257 e. The summed E-state index contributed by atoms with van der Waals surface area (Å²) in [6.07, 6.45) is 0.549. The summed E-state index contributed by atoms with van der Waals surface area (Å²) in [7, 11) is 4.89. The number of rotatable bonds is 9. The van der Waals surface area contributed by atoms with Gasteiger partial charge in [-0.05, 0) is 43.4 Å². The van der Waals surface area contributed by atoms with Gasteiger partial charge in [0.1, 0.15) is 17.2 Å². The van der Waals surface area contributed by atoms with Crippen molar-refractivity contribution in [1.82, 2.24) is 9.91 Å². The monoisotopic (exact) mass is 425 g/mol. The molecule has 1 atom stereocenters. The minimum atomic E-state index is -0.298. The van der Waals surface area contributed by atoms with Crippen LogP contribution >= 0.6 is 0 Å². The molecule has 0 spiro atoms. The SMILES string of the molecule is CCN(CC)CC(=O)N1N=C(c2ccccc2OC)CC1c1cc(OC)ccc1OC. The third kappa shape index (κ3) is 4.82. The van der Waals surface area contributed by atoms with E-state index in [1.807, 2.05) is 56.3 Å². The Kier molecular flexibility index (Phi) is 7.52. The summed E-state index contributed by atoms with van der Waals surface area (Å²) in [5.41, 5.74) is 2.55. The van der Waals surface area contributed by atoms with E-state index in [-0.39, 0.29) is 11.9 Å². The van der Waals surface area contributed by atoms with E-state index in [1.54, 1.807) is 26.3 Å². The van der Waals surface area contributed by atoms with Crippen molar-refractivity contribution in [3.8, 4) is 17.2 Å². The van der Waals surface area contributed by atoms with Gasteiger partial charge in [0, 0.05) is 17.5 Å². The van der Waals surface area contributed by atoms with Crippen LogP contribution in [0.4, 0.5) is 0 Å². The molecule has 1 aliphatic rings. The molecular weight excluding hydrogens is 394 g/mol. The second-order valence-electron chi connectivity index (χ2n) is 7.27. The van der Waals surface area contributed by atoms with Gasteiger partial charge in [0.25, 0.3) is 5.91 Å². The fourth-order valence-corrected chi connectivity index (χ4v) is 3.84. The van der Waals surface area contributed by atoms with Crippen molar-refractivity contribution in [2.24, 2.45) is 5.10 Å². The molecule has 2 aromatic rings. The molecule has 31 heavy (non-hydrogen) atoms. The first-order valence-corrected chi connectivity index (χ1v) is 10.5. The normalized spacial score (nSPS) is 15.7. The number of nitrogens with zero attached hydrogens (tertiary/aromatic N) is 3. The molecule has 0 saturated heterocycles. The molecule has 3 rings (SSSR count). The van der Waals surface area contributed by atoms with Crippen molar-refractivity contribution in [1.29, 1.82) is 0 Å². The highest BCUT2D eigenvalue weighted by atomic mass is 16.5. The first kappa shape index (κ1) is 22.6. The number of hydrazone groups is 1. The summed E-state index contributed by atoms with van der Waals surface area (Å²) >= 11 is 0. The summed E-state index contributed by atoms with van der Waals surface area (Å²) in [5.74, 6) is 2.08. The minimum absolute atomic E-state index is 0.0523. The lowest BCUT2D eigenvalue weighted by Gasteiger charge is -2.26. The van der Waals surface area contributed by atoms with Crippen LogP contribution < -0.4 is 14.2 Å². The Hall–Kier alpha value is -3.06. The predicted octanol–water partition coefficient (Wildman–Crippen LogP) is 3.73. The molecule has 7 heteroatoms. The number of likely N-dealkylation sites (N-methyl/N-ethyl adjacent to an activating group) is 1. The number of para-hydroxylation sites is 1. The number of carbonyl (C=O) groups excluding carboxylic acids is 1. The molecule has 0 fully saturated rings. The van der Waals surface area contributed by atoms with E-state index >= 15 is 0 Å². The van der Waals surface area contributed by atoms with E-state index in [1.165, 1.54) is 0 Å². The van der Waals surface area contributed by atoms with Gasteiger partial charge in [-0.3, -0.25) is 9.69 Å². The number of benzene rings is 2. The van der Waals surface area contributed by atoms with Crippen LogP contribution in [-0.2, 0) is 4.79 Å². The summed E-state index contributed by atoms with van der Waals surface area (Å²) in [6.45, 7) is 6.00. The average molecular weight is 426 g/mol. The molecule has 0 N–H and O–H groups in total. The standard InChI is InChI=1S/C24H31N3O4/c1-6-26(7-2)16-24(28)27-21(19-14-17(29-3)12-13-23(19)31-5)15-20(25-27)18-10-8-9-11-22(18)30-4/h8-14,21H,6-7,15-16H2,1-5H3. The van der Waals surface area contributed by atoms with Crippen LogP contribution in [0.15, 0.2) is 47.6 Å². The van der Waals surface area contributed by atoms with Crippen molar-refractivity contribution >= 4 is 11.6 Å². The Bertz CT molecular complexity index is 940. The molecule has 166 valence electrons. The van der Waals surface area contributed by atoms with Crippen LogP contribution in [-0.4, -0.2) is 62.5 Å².